The van der Waals surface area contributed by atoms with Crippen LogP contribution in [0.25, 0.3) is 0 Å². The SMILES string of the molecule is Cc1ncc2c(n1)COC21CN(C(=O)CCC(C)C)C1. The lowest BCUT2D eigenvalue weighted by Gasteiger charge is -2.47. The Labute approximate surface area is 119 Å². The summed E-state index contributed by atoms with van der Waals surface area (Å²) in [7, 11) is 0. The highest BCUT2D eigenvalue weighted by molar-refractivity contribution is 5.77. The summed E-state index contributed by atoms with van der Waals surface area (Å²) in [6.07, 6.45) is 3.44. The van der Waals surface area contributed by atoms with E-state index in [4.69, 9.17) is 4.74 Å². The number of aryl methyl sites for hydroxylation is 1. The summed E-state index contributed by atoms with van der Waals surface area (Å²) in [5, 5.41) is 0. The lowest BCUT2D eigenvalue weighted by molar-refractivity contribution is -0.168. The predicted octanol–water partition coefficient (Wildman–Crippen LogP) is 1.79. The van der Waals surface area contributed by atoms with E-state index in [2.05, 4.69) is 23.8 Å². The molecule has 20 heavy (non-hydrogen) atoms. The van der Waals surface area contributed by atoms with E-state index in [0.717, 1.165) is 23.5 Å². The van der Waals surface area contributed by atoms with Gasteiger partial charge in [0, 0.05) is 18.2 Å². The molecule has 0 bridgehead atoms. The van der Waals surface area contributed by atoms with Crippen molar-refractivity contribution < 1.29 is 9.53 Å². The summed E-state index contributed by atoms with van der Waals surface area (Å²) in [6.45, 7) is 7.98. The molecule has 5 heteroatoms. The van der Waals surface area contributed by atoms with Crippen LogP contribution in [-0.2, 0) is 21.7 Å². The molecule has 108 valence electrons. The van der Waals surface area contributed by atoms with Crippen molar-refractivity contribution in [3.8, 4) is 0 Å². The average molecular weight is 275 g/mol. The zero-order valence-electron chi connectivity index (χ0n) is 12.3. The molecule has 0 atom stereocenters. The summed E-state index contributed by atoms with van der Waals surface area (Å²) in [5.41, 5.74) is 1.71. The van der Waals surface area contributed by atoms with Crippen molar-refractivity contribution in [1.29, 1.82) is 0 Å². The second kappa shape index (κ2) is 4.81. The second-order valence-corrected chi connectivity index (χ2v) is 6.24. The van der Waals surface area contributed by atoms with Gasteiger partial charge in [-0.25, -0.2) is 9.97 Å². The Morgan fingerprint density at radius 1 is 1.50 bits per heavy atom. The van der Waals surface area contributed by atoms with Crippen molar-refractivity contribution in [3.05, 3.63) is 23.3 Å². The van der Waals surface area contributed by atoms with E-state index in [1.807, 2.05) is 18.0 Å². The van der Waals surface area contributed by atoms with Crippen molar-refractivity contribution in [2.75, 3.05) is 13.1 Å². The van der Waals surface area contributed by atoms with Gasteiger partial charge in [-0.3, -0.25) is 4.79 Å². The van der Waals surface area contributed by atoms with Crippen LogP contribution in [0.4, 0.5) is 0 Å². The summed E-state index contributed by atoms with van der Waals surface area (Å²) in [5.74, 6) is 1.57. The molecule has 2 aliphatic rings. The minimum atomic E-state index is -0.337. The molecule has 2 aliphatic heterocycles. The van der Waals surface area contributed by atoms with Crippen molar-refractivity contribution in [3.63, 3.8) is 0 Å². The molecule has 0 radical (unpaired) electrons. The lowest BCUT2D eigenvalue weighted by Crippen LogP contribution is -2.61. The maximum Gasteiger partial charge on any atom is 0.222 e. The van der Waals surface area contributed by atoms with Crippen LogP contribution in [0.1, 0.15) is 43.8 Å². The molecule has 1 aromatic heterocycles. The standard InChI is InChI=1S/C15H21N3O2/c1-10(2)4-5-14(19)18-8-15(9-18)12-6-16-11(3)17-13(12)7-20-15/h6,10H,4-5,7-9H2,1-3H3. The van der Waals surface area contributed by atoms with Crippen LogP contribution in [0.3, 0.4) is 0 Å². The van der Waals surface area contributed by atoms with Crippen molar-refractivity contribution in [1.82, 2.24) is 14.9 Å². The molecule has 0 aromatic carbocycles. The van der Waals surface area contributed by atoms with Gasteiger partial charge in [0.25, 0.3) is 0 Å². The smallest absolute Gasteiger partial charge is 0.222 e. The minimum Gasteiger partial charge on any atom is -0.360 e. The third kappa shape index (κ3) is 2.20. The molecule has 1 aromatic rings. The number of carbonyl (C=O) groups is 1. The van der Waals surface area contributed by atoms with E-state index in [1.54, 1.807) is 0 Å². The molecule has 1 fully saturated rings. The maximum absolute atomic E-state index is 12.1. The first kappa shape index (κ1) is 13.5. The lowest BCUT2D eigenvalue weighted by atomic mass is 9.87. The van der Waals surface area contributed by atoms with Gasteiger partial charge in [0.05, 0.1) is 25.4 Å². The quantitative estimate of drug-likeness (QED) is 0.844. The van der Waals surface area contributed by atoms with Crippen LogP contribution in [0, 0.1) is 12.8 Å². The van der Waals surface area contributed by atoms with Crippen LogP contribution in [-0.4, -0.2) is 33.9 Å². The fourth-order valence-electron chi connectivity index (χ4n) is 2.87. The Morgan fingerprint density at radius 2 is 2.25 bits per heavy atom. The summed E-state index contributed by atoms with van der Waals surface area (Å²) >= 11 is 0. The van der Waals surface area contributed by atoms with Gasteiger partial charge >= 0.3 is 0 Å². The number of carbonyl (C=O) groups excluding carboxylic acids is 1. The van der Waals surface area contributed by atoms with Gasteiger partial charge in [-0.05, 0) is 19.3 Å². The van der Waals surface area contributed by atoms with Crippen molar-refractivity contribution >= 4 is 5.91 Å². The highest BCUT2D eigenvalue weighted by Crippen LogP contribution is 2.42. The number of hydrogen-bond donors (Lipinski definition) is 0. The normalized spacial score (nSPS) is 19.3. The van der Waals surface area contributed by atoms with Crippen LogP contribution in [0.5, 0.6) is 0 Å². The predicted molar refractivity (Wildman–Crippen MR) is 73.9 cm³/mol. The highest BCUT2D eigenvalue weighted by Gasteiger charge is 2.52. The number of ether oxygens (including phenoxy) is 1. The monoisotopic (exact) mass is 275 g/mol. The molecule has 1 saturated heterocycles. The Kier molecular flexibility index (Phi) is 3.24. The van der Waals surface area contributed by atoms with E-state index in [9.17, 15) is 4.79 Å². The first-order chi connectivity index (χ1) is 9.50. The largest absolute Gasteiger partial charge is 0.360 e. The third-order valence-electron chi connectivity index (χ3n) is 4.14. The first-order valence-corrected chi connectivity index (χ1v) is 7.25. The number of rotatable bonds is 3. The number of aromatic nitrogens is 2. The molecule has 0 N–H and O–H groups in total. The van der Waals surface area contributed by atoms with E-state index in [1.165, 1.54) is 0 Å². The molecule has 0 aliphatic carbocycles. The Bertz CT molecular complexity index is 536. The van der Waals surface area contributed by atoms with E-state index >= 15 is 0 Å². The van der Waals surface area contributed by atoms with E-state index < -0.39 is 0 Å². The number of nitrogens with zero attached hydrogens (tertiary/aromatic N) is 3. The van der Waals surface area contributed by atoms with Crippen molar-refractivity contribution in [2.45, 2.75) is 45.8 Å². The zero-order valence-corrected chi connectivity index (χ0v) is 12.3. The Balaban J connectivity index is 1.65. The van der Waals surface area contributed by atoms with Gasteiger partial charge in [0.1, 0.15) is 11.4 Å². The summed E-state index contributed by atoms with van der Waals surface area (Å²) in [4.78, 5) is 22.6. The topological polar surface area (TPSA) is 55.3 Å². The fraction of sp³-hybridized carbons (Fsp3) is 0.667. The fourth-order valence-corrected chi connectivity index (χ4v) is 2.87. The first-order valence-electron chi connectivity index (χ1n) is 7.25. The number of likely N-dealkylation sites (tertiary alicyclic amines) is 1. The molecule has 3 rings (SSSR count). The highest BCUT2D eigenvalue weighted by atomic mass is 16.5. The second-order valence-electron chi connectivity index (χ2n) is 6.24. The summed E-state index contributed by atoms with van der Waals surface area (Å²) in [6, 6.07) is 0. The van der Waals surface area contributed by atoms with E-state index in [-0.39, 0.29) is 11.5 Å². The zero-order chi connectivity index (χ0) is 14.3. The number of hydrogen-bond acceptors (Lipinski definition) is 4. The average Bonchev–Trinajstić information content (AvgIpc) is 2.72. The van der Waals surface area contributed by atoms with Gasteiger partial charge in [-0.1, -0.05) is 13.8 Å². The number of amides is 1. The molecule has 1 amide bonds. The molecule has 0 saturated carbocycles. The van der Waals surface area contributed by atoms with Crippen LogP contribution in [0.15, 0.2) is 6.20 Å². The molecule has 5 nitrogen and oxygen atoms in total. The molecule has 3 heterocycles. The maximum atomic E-state index is 12.1. The van der Waals surface area contributed by atoms with Crippen molar-refractivity contribution in [2.24, 2.45) is 5.92 Å². The Hall–Kier alpha value is -1.49. The third-order valence-corrected chi connectivity index (χ3v) is 4.14. The molecule has 0 unspecified atom stereocenters. The summed E-state index contributed by atoms with van der Waals surface area (Å²) < 4.78 is 5.91. The minimum absolute atomic E-state index is 0.231. The molecular formula is C15H21N3O2. The van der Waals surface area contributed by atoms with Gasteiger partial charge in [-0.2, -0.15) is 0 Å². The Morgan fingerprint density at radius 3 is 2.95 bits per heavy atom. The van der Waals surface area contributed by atoms with Crippen LogP contribution < -0.4 is 0 Å². The van der Waals surface area contributed by atoms with Gasteiger partial charge in [-0.15, -0.1) is 0 Å². The number of fused-ring (bicyclic) bond motifs is 2. The van der Waals surface area contributed by atoms with Crippen LogP contribution >= 0.6 is 0 Å². The van der Waals surface area contributed by atoms with Crippen LogP contribution in [0.2, 0.25) is 0 Å². The molecule has 1 spiro atoms. The van der Waals surface area contributed by atoms with Gasteiger partial charge in [0.2, 0.25) is 5.91 Å². The van der Waals surface area contributed by atoms with Gasteiger partial charge in [0.15, 0.2) is 0 Å². The molecular weight excluding hydrogens is 254 g/mol. The van der Waals surface area contributed by atoms with Gasteiger partial charge < -0.3 is 9.64 Å². The van der Waals surface area contributed by atoms with E-state index in [0.29, 0.717) is 32.0 Å².